The van der Waals surface area contributed by atoms with Gasteiger partial charge in [0.15, 0.2) is 12.0 Å². The van der Waals surface area contributed by atoms with Crippen LogP contribution in [0.4, 0.5) is 0 Å². The number of likely N-dealkylation sites (tertiary alicyclic amines) is 1. The molecule has 1 aliphatic rings. The van der Waals surface area contributed by atoms with Crippen molar-refractivity contribution >= 4 is 0 Å². The molecule has 1 fully saturated rings. The lowest BCUT2D eigenvalue weighted by molar-refractivity contribution is 0.339. The first kappa shape index (κ1) is 14.8. The van der Waals surface area contributed by atoms with E-state index in [1.807, 2.05) is 6.07 Å². The van der Waals surface area contributed by atoms with E-state index in [1.54, 1.807) is 34.1 Å². The molecule has 122 valence electrons. The Labute approximate surface area is 142 Å². The van der Waals surface area contributed by atoms with Gasteiger partial charge in [0.25, 0.3) is 5.89 Å². The monoisotopic (exact) mass is 332 g/mol. The smallest absolute Gasteiger partial charge is 0.276 e. The minimum atomic E-state index is -0.144. The number of hydrogen-bond donors (Lipinski definition) is 0. The third-order valence-electron chi connectivity index (χ3n) is 4.06. The van der Waals surface area contributed by atoms with Crippen molar-refractivity contribution in [3.8, 4) is 29.5 Å². The summed E-state index contributed by atoms with van der Waals surface area (Å²) in [5.41, 5.74) is 1.70. The standard InChI is InChI=1S/C16H12N8O/c17-7-11-8-20-24(9-11)12-3-4-19-13(6-12)16-21-15(22-25-16)14-2-1-5-23(14)10-18/h3-4,6,8-9,14H,1-2,5H2. The van der Waals surface area contributed by atoms with Gasteiger partial charge in [0.1, 0.15) is 17.8 Å². The van der Waals surface area contributed by atoms with Crippen molar-refractivity contribution in [2.45, 2.75) is 18.9 Å². The maximum absolute atomic E-state index is 9.15. The van der Waals surface area contributed by atoms with Gasteiger partial charge in [0, 0.05) is 18.9 Å². The van der Waals surface area contributed by atoms with Gasteiger partial charge < -0.3 is 4.52 Å². The van der Waals surface area contributed by atoms with Crippen molar-refractivity contribution in [3.05, 3.63) is 42.1 Å². The molecule has 0 aliphatic carbocycles. The molecule has 0 amide bonds. The van der Waals surface area contributed by atoms with E-state index in [4.69, 9.17) is 15.0 Å². The molecule has 0 N–H and O–H groups in total. The minimum absolute atomic E-state index is 0.144. The van der Waals surface area contributed by atoms with Crippen LogP contribution in [0.15, 0.2) is 35.2 Å². The highest BCUT2D eigenvalue weighted by Crippen LogP contribution is 2.30. The van der Waals surface area contributed by atoms with Gasteiger partial charge in [-0.25, -0.2) is 4.68 Å². The van der Waals surface area contributed by atoms with Gasteiger partial charge in [-0.15, -0.1) is 0 Å². The molecule has 0 spiro atoms. The molecule has 1 atom stereocenters. The van der Waals surface area contributed by atoms with Gasteiger partial charge in [-0.1, -0.05) is 5.16 Å². The number of nitriles is 2. The first-order valence-electron chi connectivity index (χ1n) is 7.70. The van der Waals surface area contributed by atoms with Crippen LogP contribution in [-0.2, 0) is 0 Å². The first-order chi connectivity index (χ1) is 12.3. The summed E-state index contributed by atoms with van der Waals surface area (Å²) in [5, 5.41) is 26.2. The van der Waals surface area contributed by atoms with Crippen LogP contribution < -0.4 is 0 Å². The maximum atomic E-state index is 9.15. The lowest BCUT2D eigenvalue weighted by atomic mass is 10.2. The average molecular weight is 332 g/mol. The number of rotatable bonds is 3. The van der Waals surface area contributed by atoms with E-state index in [1.165, 1.54) is 6.20 Å². The van der Waals surface area contributed by atoms with E-state index in [9.17, 15) is 0 Å². The van der Waals surface area contributed by atoms with Gasteiger partial charge in [-0.2, -0.15) is 20.6 Å². The van der Waals surface area contributed by atoms with Crippen LogP contribution >= 0.6 is 0 Å². The normalized spacial score (nSPS) is 16.6. The Hall–Kier alpha value is -3.72. The second kappa shape index (κ2) is 6.06. The zero-order chi connectivity index (χ0) is 17.2. The van der Waals surface area contributed by atoms with Crippen molar-refractivity contribution < 1.29 is 4.52 Å². The summed E-state index contributed by atoms with van der Waals surface area (Å²) in [5.74, 6) is 0.779. The lowest BCUT2D eigenvalue weighted by Gasteiger charge is -2.13. The van der Waals surface area contributed by atoms with E-state index < -0.39 is 0 Å². The Morgan fingerprint density at radius 1 is 1.32 bits per heavy atom. The fourth-order valence-corrected chi connectivity index (χ4v) is 2.83. The van der Waals surface area contributed by atoms with E-state index in [0.717, 1.165) is 18.5 Å². The number of aromatic nitrogens is 5. The number of nitrogens with zero attached hydrogens (tertiary/aromatic N) is 8. The molecule has 4 heterocycles. The summed E-state index contributed by atoms with van der Waals surface area (Å²) in [4.78, 5) is 10.3. The van der Waals surface area contributed by atoms with Crippen LogP contribution in [-0.4, -0.2) is 36.3 Å². The Kier molecular flexibility index (Phi) is 3.60. The summed E-state index contributed by atoms with van der Waals surface area (Å²) < 4.78 is 6.91. The molecule has 1 aliphatic heterocycles. The Morgan fingerprint density at radius 3 is 3.04 bits per heavy atom. The van der Waals surface area contributed by atoms with Gasteiger partial charge in [-0.3, -0.25) is 9.88 Å². The third kappa shape index (κ3) is 2.68. The van der Waals surface area contributed by atoms with Gasteiger partial charge >= 0.3 is 0 Å². The predicted molar refractivity (Wildman–Crippen MR) is 83.7 cm³/mol. The molecule has 4 rings (SSSR count). The largest absolute Gasteiger partial charge is 0.332 e. The van der Waals surface area contributed by atoms with E-state index in [0.29, 0.717) is 23.6 Å². The minimum Gasteiger partial charge on any atom is -0.332 e. The van der Waals surface area contributed by atoms with E-state index >= 15 is 0 Å². The summed E-state index contributed by atoms with van der Waals surface area (Å²) in [7, 11) is 0. The summed E-state index contributed by atoms with van der Waals surface area (Å²) in [6, 6.07) is 5.41. The highest BCUT2D eigenvalue weighted by molar-refractivity contribution is 5.51. The van der Waals surface area contributed by atoms with Crippen LogP contribution in [0.3, 0.4) is 0 Å². The molecule has 9 nitrogen and oxygen atoms in total. The fraction of sp³-hybridized carbons (Fsp3) is 0.250. The summed E-state index contributed by atoms with van der Waals surface area (Å²) in [6.45, 7) is 0.708. The average Bonchev–Trinajstić information content (AvgIpc) is 3.41. The second-order valence-corrected chi connectivity index (χ2v) is 5.59. The SMILES string of the molecule is N#Cc1cnn(-c2ccnc(-c3nc(C4CCCN4C#N)no3)c2)c1. The quantitative estimate of drug-likeness (QED) is 0.666. The fourth-order valence-electron chi connectivity index (χ4n) is 2.83. The molecule has 1 unspecified atom stereocenters. The van der Waals surface area contributed by atoms with Crippen molar-refractivity contribution in [1.82, 2.24) is 29.8 Å². The number of pyridine rings is 1. The molecule has 25 heavy (non-hydrogen) atoms. The predicted octanol–water partition coefficient (Wildman–Crippen LogP) is 1.81. The molecule has 0 radical (unpaired) electrons. The summed E-state index contributed by atoms with van der Waals surface area (Å²) in [6.07, 6.45) is 8.63. The second-order valence-electron chi connectivity index (χ2n) is 5.59. The van der Waals surface area contributed by atoms with Crippen LogP contribution in [0.25, 0.3) is 17.3 Å². The Morgan fingerprint density at radius 2 is 2.24 bits per heavy atom. The van der Waals surface area contributed by atoms with Crippen LogP contribution in [0.5, 0.6) is 0 Å². The Balaban J connectivity index is 1.64. The van der Waals surface area contributed by atoms with Crippen molar-refractivity contribution in [2.75, 3.05) is 6.54 Å². The molecule has 1 saturated heterocycles. The topological polar surface area (TPSA) is 120 Å². The Bertz CT molecular complexity index is 992. The van der Waals surface area contributed by atoms with Crippen LogP contribution in [0.1, 0.15) is 30.3 Å². The molecule has 0 saturated carbocycles. The molecular formula is C16H12N8O. The van der Waals surface area contributed by atoms with Gasteiger partial charge in [-0.05, 0) is 25.0 Å². The molecule has 9 heteroatoms. The third-order valence-corrected chi connectivity index (χ3v) is 4.06. The zero-order valence-corrected chi connectivity index (χ0v) is 13.1. The van der Waals surface area contributed by atoms with Crippen LogP contribution in [0, 0.1) is 22.8 Å². The highest BCUT2D eigenvalue weighted by Gasteiger charge is 2.29. The highest BCUT2D eigenvalue weighted by atomic mass is 16.5. The molecule has 0 bridgehead atoms. The van der Waals surface area contributed by atoms with Gasteiger partial charge in [0.05, 0.1) is 17.4 Å². The van der Waals surface area contributed by atoms with Crippen molar-refractivity contribution in [3.63, 3.8) is 0 Å². The summed E-state index contributed by atoms with van der Waals surface area (Å²) >= 11 is 0. The zero-order valence-electron chi connectivity index (χ0n) is 13.1. The molecule has 3 aromatic rings. The van der Waals surface area contributed by atoms with E-state index in [-0.39, 0.29) is 11.9 Å². The molecular weight excluding hydrogens is 320 g/mol. The van der Waals surface area contributed by atoms with Crippen molar-refractivity contribution in [2.24, 2.45) is 0 Å². The van der Waals surface area contributed by atoms with E-state index in [2.05, 4.69) is 26.4 Å². The molecule has 0 aromatic carbocycles. The molecule has 3 aromatic heterocycles. The van der Waals surface area contributed by atoms with Crippen molar-refractivity contribution in [1.29, 1.82) is 10.5 Å². The number of hydrogen-bond acceptors (Lipinski definition) is 8. The van der Waals surface area contributed by atoms with Crippen LogP contribution in [0.2, 0.25) is 0 Å². The van der Waals surface area contributed by atoms with Gasteiger partial charge in [0.2, 0.25) is 0 Å². The maximum Gasteiger partial charge on any atom is 0.276 e. The first-order valence-corrected chi connectivity index (χ1v) is 7.70. The lowest BCUT2D eigenvalue weighted by Crippen LogP contribution is -2.17.